The molecule has 0 saturated heterocycles. The highest BCUT2D eigenvalue weighted by molar-refractivity contribution is 5.87. The van der Waals surface area contributed by atoms with Crippen molar-refractivity contribution in [1.29, 1.82) is 0 Å². The highest BCUT2D eigenvalue weighted by atomic mass is 16.1. The number of carbonyl (C=O) groups is 1. The zero-order valence-electron chi connectivity index (χ0n) is 9.63. The molecule has 0 aliphatic carbocycles. The van der Waals surface area contributed by atoms with Crippen LogP contribution in [0.5, 0.6) is 0 Å². The molecule has 0 aliphatic heterocycles. The maximum Gasteiger partial charge on any atom is 0.152 e. The molecule has 0 N–H and O–H groups in total. The molecule has 78 valence electrons. The first-order chi connectivity index (χ1) is 6.08. The van der Waals surface area contributed by atoms with Gasteiger partial charge in [-0.25, -0.2) is 0 Å². The number of ketones is 1. The number of nitrogens with zero attached hydrogens (tertiary/aromatic N) is 1. The van der Waals surface area contributed by atoms with Gasteiger partial charge in [0.25, 0.3) is 0 Å². The van der Waals surface area contributed by atoms with Crippen molar-refractivity contribution in [2.75, 3.05) is 20.1 Å². The van der Waals surface area contributed by atoms with E-state index < -0.39 is 0 Å². The molecule has 0 unspecified atom stereocenters. The second-order valence-electron chi connectivity index (χ2n) is 3.01. The van der Waals surface area contributed by atoms with Gasteiger partial charge in [-0.2, -0.15) is 0 Å². The Balaban J connectivity index is 0. The number of rotatable bonds is 4. The Morgan fingerprint density at radius 1 is 1.38 bits per heavy atom. The van der Waals surface area contributed by atoms with Crippen LogP contribution in [0.25, 0.3) is 0 Å². The average Bonchev–Trinajstić information content (AvgIpc) is 2.05. The van der Waals surface area contributed by atoms with Crippen molar-refractivity contribution >= 4 is 5.78 Å². The quantitative estimate of drug-likeness (QED) is 0.627. The van der Waals surface area contributed by atoms with Crippen molar-refractivity contribution < 1.29 is 4.79 Å². The molecule has 0 aromatic rings. The number of allylic oxidation sites excluding steroid dienone is 2. The third kappa shape index (κ3) is 18.4. The normalized spacial score (nSPS) is 10.0. The van der Waals surface area contributed by atoms with Gasteiger partial charge in [-0.05, 0) is 46.5 Å². The molecule has 0 saturated carbocycles. The van der Waals surface area contributed by atoms with Gasteiger partial charge in [-0.3, -0.25) is 4.79 Å². The summed E-state index contributed by atoms with van der Waals surface area (Å²) in [6.45, 7) is 10.1. The minimum Gasteiger partial charge on any atom is -0.307 e. The summed E-state index contributed by atoms with van der Waals surface area (Å²) in [5.74, 6) is 0.109. The first kappa shape index (κ1) is 14.9. The van der Waals surface area contributed by atoms with Gasteiger partial charge in [0.2, 0.25) is 0 Å². The van der Waals surface area contributed by atoms with Gasteiger partial charge in [0, 0.05) is 0 Å². The van der Waals surface area contributed by atoms with E-state index in [1.54, 1.807) is 6.08 Å². The SMILES string of the molecule is C/C=C/C(C)=O.CCCN(C)CC. The minimum atomic E-state index is 0.109. The highest BCUT2D eigenvalue weighted by Gasteiger charge is 1.86. The van der Waals surface area contributed by atoms with E-state index >= 15 is 0 Å². The van der Waals surface area contributed by atoms with Crippen LogP contribution in [0.15, 0.2) is 12.2 Å². The van der Waals surface area contributed by atoms with Crippen LogP contribution < -0.4 is 0 Å². The van der Waals surface area contributed by atoms with Crippen LogP contribution in [0.4, 0.5) is 0 Å². The molecule has 0 spiro atoms. The molecule has 0 radical (unpaired) electrons. The van der Waals surface area contributed by atoms with E-state index in [9.17, 15) is 4.79 Å². The van der Waals surface area contributed by atoms with Crippen LogP contribution in [0.1, 0.15) is 34.1 Å². The standard InChI is InChI=1S/C6H15N.C5H8O/c1-4-6-7(3)5-2;1-3-4-5(2)6/h4-6H2,1-3H3;3-4H,1-2H3/b;4-3+. The summed E-state index contributed by atoms with van der Waals surface area (Å²) in [7, 11) is 2.14. The third-order valence-electron chi connectivity index (χ3n) is 1.55. The van der Waals surface area contributed by atoms with Crippen LogP contribution in [0.3, 0.4) is 0 Å². The first-order valence-corrected chi connectivity index (χ1v) is 4.90. The predicted molar refractivity (Wildman–Crippen MR) is 59.0 cm³/mol. The second kappa shape index (κ2) is 11.4. The van der Waals surface area contributed by atoms with Gasteiger partial charge in [-0.1, -0.05) is 19.9 Å². The Morgan fingerprint density at radius 3 is 2.00 bits per heavy atom. The largest absolute Gasteiger partial charge is 0.307 e. The second-order valence-corrected chi connectivity index (χ2v) is 3.01. The van der Waals surface area contributed by atoms with Crippen molar-refractivity contribution in [3.8, 4) is 0 Å². The molecule has 13 heavy (non-hydrogen) atoms. The van der Waals surface area contributed by atoms with Gasteiger partial charge in [0.15, 0.2) is 5.78 Å². The van der Waals surface area contributed by atoms with Gasteiger partial charge in [0.1, 0.15) is 0 Å². The van der Waals surface area contributed by atoms with Crippen LogP contribution in [-0.2, 0) is 4.79 Å². The van der Waals surface area contributed by atoms with E-state index in [2.05, 4.69) is 25.8 Å². The van der Waals surface area contributed by atoms with Crippen LogP contribution >= 0.6 is 0 Å². The van der Waals surface area contributed by atoms with E-state index in [-0.39, 0.29) is 5.78 Å². The lowest BCUT2D eigenvalue weighted by Crippen LogP contribution is -2.17. The molecule has 0 amide bonds. The molecule has 0 fully saturated rings. The Kier molecular flexibility index (Phi) is 13.0. The Labute approximate surface area is 82.6 Å². The lowest BCUT2D eigenvalue weighted by Gasteiger charge is -2.10. The summed E-state index contributed by atoms with van der Waals surface area (Å²) >= 11 is 0. The molecule has 0 aromatic carbocycles. The summed E-state index contributed by atoms with van der Waals surface area (Å²) in [5, 5.41) is 0. The van der Waals surface area contributed by atoms with Gasteiger partial charge in [0.05, 0.1) is 0 Å². The summed E-state index contributed by atoms with van der Waals surface area (Å²) in [5.41, 5.74) is 0. The predicted octanol–water partition coefficient (Wildman–Crippen LogP) is 2.50. The van der Waals surface area contributed by atoms with E-state index in [4.69, 9.17) is 0 Å². The van der Waals surface area contributed by atoms with Crippen molar-refractivity contribution in [2.24, 2.45) is 0 Å². The number of hydrogen-bond acceptors (Lipinski definition) is 2. The van der Waals surface area contributed by atoms with Crippen LogP contribution in [0, 0.1) is 0 Å². The molecule has 2 heteroatoms. The molecule has 0 aromatic heterocycles. The number of hydrogen-bond donors (Lipinski definition) is 0. The maximum atomic E-state index is 9.96. The maximum absolute atomic E-state index is 9.96. The molecule has 0 bridgehead atoms. The fourth-order valence-electron chi connectivity index (χ4n) is 0.775. The van der Waals surface area contributed by atoms with Crippen molar-refractivity contribution in [3.63, 3.8) is 0 Å². The monoisotopic (exact) mass is 185 g/mol. The molecular weight excluding hydrogens is 162 g/mol. The lowest BCUT2D eigenvalue weighted by molar-refractivity contribution is -0.112. The van der Waals surface area contributed by atoms with E-state index in [0.29, 0.717) is 0 Å². The van der Waals surface area contributed by atoms with E-state index in [1.807, 2.05) is 6.92 Å². The smallest absolute Gasteiger partial charge is 0.152 e. The zero-order valence-corrected chi connectivity index (χ0v) is 9.63. The van der Waals surface area contributed by atoms with Crippen molar-refractivity contribution in [1.82, 2.24) is 4.90 Å². The summed E-state index contributed by atoms with van der Waals surface area (Å²) in [6.07, 6.45) is 4.52. The molecule has 2 nitrogen and oxygen atoms in total. The van der Waals surface area contributed by atoms with E-state index in [0.717, 1.165) is 0 Å². The molecule has 0 aliphatic rings. The van der Waals surface area contributed by atoms with Gasteiger partial charge < -0.3 is 4.90 Å². The lowest BCUT2D eigenvalue weighted by atomic mass is 10.4. The van der Waals surface area contributed by atoms with Gasteiger partial charge >= 0.3 is 0 Å². The van der Waals surface area contributed by atoms with E-state index in [1.165, 1.54) is 32.5 Å². The Morgan fingerprint density at radius 2 is 1.92 bits per heavy atom. The Bertz CT molecular complexity index is 141. The third-order valence-corrected chi connectivity index (χ3v) is 1.55. The van der Waals surface area contributed by atoms with Crippen LogP contribution in [-0.4, -0.2) is 30.8 Å². The highest BCUT2D eigenvalue weighted by Crippen LogP contribution is 1.82. The molecular formula is C11H23NO. The number of carbonyl (C=O) groups excluding carboxylic acids is 1. The van der Waals surface area contributed by atoms with Crippen LogP contribution in [0.2, 0.25) is 0 Å². The zero-order chi connectivity index (χ0) is 10.7. The topological polar surface area (TPSA) is 20.3 Å². The summed E-state index contributed by atoms with van der Waals surface area (Å²) in [6, 6.07) is 0. The van der Waals surface area contributed by atoms with Gasteiger partial charge in [-0.15, -0.1) is 0 Å². The van der Waals surface area contributed by atoms with Crippen molar-refractivity contribution in [2.45, 2.75) is 34.1 Å². The first-order valence-electron chi connectivity index (χ1n) is 4.90. The fourth-order valence-corrected chi connectivity index (χ4v) is 0.775. The molecule has 0 atom stereocenters. The molecule has 0 heterocycles. The summed E-state index contributed by atoms with van der Waals surface area (Å²) in [4.78, 5) is 12.3. The summed E-state index contributed by atoms with van der Waals surface area (Å²) < 4.78 is 0. The molecule has 0 rings (SSSR count). The average molecular weight is 185 g/mol. The fraction of sp³-hybridized carbons (Fsp3) is 0.727. The van der Waals surface area contributed by atoms with Crippen molar-refractivity contribution in [3.05, 3.63) is 12.2 Å². The Hall–Kier alpha value is -0.630. The minimum absolute atomic E-state index is 0.109.